The van der Waals surface area contributed by atoms with Gasteiger partial charge in [0, 0.05) is 5.57 Å². The molecule has 0 saturated carbocycles. The molecular weight excluding hydrogens is 196 g/mol. The molecule has 0 fully saturated rings. The van der Waals surface area contributed by atoms with E-state index in [4.69, 9.17) is 0 Å². The number of rotatable bonds is 1. The third-order valence-electron chi connectivity index (χ3n) is 2.94. The maximum Gasteiger partial charge on any atom is 0.182 e. The Hall–Kier alpha value is -1.63. The molecule has 0 aromatic heterocycles. The van der Waals surface area contributed by atoms with Gasteiger partial charge in [-0.3, -0.25) is 4.79 Å². The zero-order valence-corrected chi connectivity index (χ0v) is 9.73. The van der Waals surface area contributed by atoms with Crippen LogP contribution in [-0.2, 0) is 4.79 Å². The maximum atomic E-state index is 11.9. The molecule has 1 heteroatoms. The van der Waals surface area contributed by atoms with Gasteiger partial charge in [0.2, 0.25) is 0 Å². The molecule has 82 valence electrons. The second-order valence-corrected chi connectivity index (χ2v) is 4.47. The van der Waals surface area contributed by atoms with Crippen molar-refractivity contribution < 1.29 is 4.79 Å². The van der Waals surface area contributed by atoms with Crippen molar-refractivity contribution in [2.24, 2.45) is 5.92 Å². The minimum Gasteiger partial charge on any atom is -0.290 e. The highest BCUT2D eigenvalue weighted by atomic mass is 16.1. The van der Waals surface area contributed by atoms with E-state index in [1.165, 1.54) is 5.57 Å². The molecule has 0 bridgehead atoms. The Bertz CT molecular complexity index is 452. The molecule has 0 saturated heterocycles. The average Bonchev–Trinajstić information content (AvgIpc) is 2.25. The standard InChI is InChI=1S/C15H16O/c1-11-8-12(2)14(15(16)9-11)10-13-6-4-3-5-7-13/h3-7,9-10,12H,8H2,1-2H3. The van der Waals surface area contributed by atoms with E-state index < -0.39 is 0 Å². The molecule has 0 N–H and O–H groups in total. The van der Waals surface area contributed by atoms with Crippen molar-refractivity contribution in [1.29, 1.82) is 0 Å². The Morgan fingerprint density at radius 2 is 1.94 bits per heavy atom. The first kappa shape index (κ1) is 10.9. The Kier molecular flexibility index (Phi) is 3.04. The predicted octanol–water partition coefficient (Wildman–Crippen LogP) is 3.63. The van der Waals surface area contributed by atoms with Gasteiger partial charge in [-0.2, -0.15) is 0 Å². The number of benzene rings is 1. The van der Waals surface area contributed by atoms with Gasteiger partial charge in [-0.25, -0.2) is 0 Å². The van der Waals surface area contributed by atoms with Crippen LogP contribution in [0.15, 0.2) is 47.6 Å². The molecule has 0 aliphatic heterocycles. The topological polar surface area (TPSA) is 17.1 Å². The highest BCUT2D eigenvalue weighted by Gasteiger charge is 2.20. The Morgan fingerprint density at radius 3 is 2.56 bits per heavy atom. The summed E-state index contributed by atoms with van der Waals surface area (Å²) >= 11 is 0. The Balaban J connectivity index is 2.34. The van der Waals surface area contributed by atoms with Gasteiger partial charge < -0.3 is 0 Å². The summed E-state index contributed by atoms with van der Waals surface area (Å²) in [4.78, 5) is 11.9. The largest absolute Gasteiger partial charge is 0.290 e. The normalized spacial score (nSPS) is 23.4. The molecule has 1 unspecified atom stereocenters. The third-order valence-corrected chi connectivity index (χ3v) is 2.94. The summed E-state index contributed by atoms with van der Waals surface area (Å²) in [5.41, 5.74) is 3.21. The van der Waals surface area contributed by atoms with Crippen molar-refractivity contribution in [3.63, 3.8) is 0 Å². The van der Waals surface area contributed by atoms with Crippen molar-refractivity contribution >= 4 is 11.9 Å². The molecule has 0 amide bonds. The van der Waals surface area contributed by atoms with Crippen molar-refractivity contribution in [1.82, 2.24) is 0 Å². The minimum atomic E-state index is 0.167. The highest BCUT2D eigenvalue weighted by Crippen LogP contribution is 2.27. The zero-order chi connectivity index (χ0) is 11.5. The van der Waals surface area contributed by atoms with E-state index in [0.29, 0.717) is 5.92 Å². The van der Waals surface area contributed by atoms with Gasteiger partial charge in [0.05, 0.1) is 0 Å². The maximum absolute atomic E-state index is 11.9. The Morgan fingerprint density at radius 1 is 1.25 bits per heavy atom. The first-order valence-electron chi connectivity index (χ1n) is 5.65. The number of allylic oxidation sites excluding steroid dienone is 3. The summed E-state index contributed by atoms with van der Waals surface area (Å²) in [5, 5.41) is 0. The number of hydrogen-bond acceptors (Lipinski definition) is 1. The van der Waals surface area contributed by atoms with E-state index in [-0.39, 0.29) is 5.78 Å². The smallest absolute Gasteiger partial charge is 0.182 e. The third kappa shape index (κ3) is 2.30. The molecular formula is C15H16O. The fourth-order valence-electron chi connectivity index (χ4n) is 2.14. The van der Waals surface area contributed by atoms with Crippen LogP contribution >= 0.6 is 0 Å². The molecule has 1 aliphatic carbocycles. The summed E-state index contributed by atoms with van der Waals surface area (Å²) in [6.45, 7) is 4.14. The molecule has 1 atom stereocenters. The van der Waals surface area contributed by atoms with Crippen LogP contribution in [0.2, 0.25) is 0 Å². The quantitative estimate of drug-likeness (QED) is 0.650. The monoisotopic (exact) mass is 212 g/mol. The van der Waals surface area contributed by atoms with Gasteiger partial charge >= 0.3 is 0 Å². The second-order valence-electron chi connectivity index (χ2n) is 4.47. The van der Waals surface area contributed by atoms with Crippen LogP contribution in [0.5, 0.6) is 0 Å². The van der Waals surface area contributed by atoms with E-state index in [9.17, 15) is 4.79 Å². The average molecular weight is 212 g/mol. The number of ketones is 1. The first-order chi connectivity index (χ1) is 7.66. The molecule has 0 radical (unpaired) electrons. The van der Waals surface area contributed by atoms with Gasteiger partial charge in [0.25, 0.3) is 0 Å². The van der Waals surface area contributed by atoms with Crippen molar-refractivity contribution in [2.45, 2.75) is 20.3 Å². The van der Waals surface area contributed by atoms with E-state index in [1.54, 1.807) is 6.08 Å². The van der Waals surface area contributed by atoms with Gasteiger partial charge in [-0.05, 0) is 37.0 Å². The van der Waals surface area contributed by atoms with Crippen LogP contribution in [0.3, 0.4) is 0 Å². The predicted molar refractivity (Wildman–Crippen MR) is 67.0 cm³/mol. The lowest BCUT2D eigenvalue weighted by Crippen LogP contribution is -2.14. The molecule has 1 nitrogen and oxygen atoms in total. The van der Waals surface area contributed by atoms with Crippen LogP contribution in [0.25, 0.3) is 6.08 Å². The van der Waals surface area contributed by atoms with E-state index >= 15 is 0 Å². The lowest BCUT2D eigenvalue weighted by molar-refractivity contribution is -0.112. The van der Waals surface area contributed by atoms with Crippen LogP contribution in [-0.4, -0.2) is 5.78 Å². The number of carbonyl (C=O) groups excluding carboxylic acids is 1. The van der Waals surface area contributed by atoms with Gasteiger partial charge in [0.1, 0.15) is 0 Å². The fourth-order valence-corrected chi connectivity index (χ4v) is 2.14. The SMILES string of the molecule is CC1=CC(=O)C(=Cc2ccccc2)C(C)C1. The summed E-state index contributed by atoms with van der Waals surface area (Å²) in [6.07, 6.45) is 4.76. The zero-order valence-electron chi connectivity index (χ0n) is 9.73. The number of carbonyl (C=O) groups is 1. The molecule has 0 spiro atoms. The van der Waals surface area contributed by atoms with E-state index in [0.717, 1.165) is 17.6 Å². The van der Waals surface area contributed by atoms with Crippen molar-refractivity contribution in [3.05, 3.63) is 53.1 Å². The van der Waals surface area contributed by atoms with Crippen LogP contribution < -0.4 is 0 Å². The summed E-state index contributed by atoms with van der Waals surface area (Å²) < 4.78 is 0. The lowest BCUT2D eigenvalue weighted by atomic mass is 9.84. The molecule has 1 aromatic carbocycles. The molecule has 0 heterocycles. The van der Waals surface area contributed by atoms with Crippen molar-refractivity contribution in [3.8, 4) is 0 Å². The number of hydrogen-bond donors (Lipinski definition) is 0. The summed E-state index contributed by atoms with van der Waals surface area (Å²) in [5.74, 6) is 0.498. The van der Waals surface area contributed by atoms with Crippen LogP contribution in [0.1, 0.15) is 25.8 Å². The molecule has 1 aliphatic rings. The lowest BCUT2D eigenvalue weighted by Gasteiger charge is -2.19. The van der Waals surface area contributed by atoms with Crippen LogP contribution in [0, 0.1) is 5.92 Å². The summed E-state index contributed by atoms with van der Waals surface area (Å²) in [7, 11) is 0. The first-order valence-corrected chi connectivity index (χ1v) is 5.65. The molecule has 2 rings (SSSR count). The Labute approximate surface area is 96.5 Å². The van der Waals surface area contributed by atoms with Gasteiger partial charge in [0.15, 0.2) is 5.78 Å². The molecule has 1 aromatic rings. The van der Waals surface area contributed by atoms with E-state index in [1.807, 2.05) is 43.3 Å². The summed E-state index contributed by atoms with van der Waals surface area (Å²) in [6, 6.07) is 10.0. The molecule has 16 heavy (non-hydrogen) atoms. The van der Waals surface area contributed by atoms with Gasteiger partial charge in [-0.15, -0.1) is 0 Å². The fraction of sp³-hybridized carbons (Fsp3) is 0.267. The van der Waals surface area contributed by atoms with E-state index in [2.05, 4.69) is 6.92 Å². The minimum absolute atomic E-state index is 0.167. The van der Waals surface area contributed by atoms with Gasteiger partial charge in [-0.1, -0.05) is 42.8 Å². The van der Waals surface area contributed by atoms with Crippen LogP contribution in [0.4, 0.5) is 0 Å². The van der Waals surface area contributed by atoms with Crippen molar-refractivity contribution in [2.75, 3.05) is 0 Å². The highest BCUT2D eigenvalue weighted by molar-refractivity contribution is 6.08. The second kappa shape index (κ2) is 4.48.